The molecule has 0 bridgehead atoms. The molecule has 0 radical (unpaired) electrons. The Morgan fingerprint density at radius 2 is 2.06 bits per heavy atom. The van der Waals surface area contributed by atoms with Crippen LogP contribution in [0.1, 0.15) is 6.92 Å². The molecule has 0 aliphatic heterocycles. The van der Waals surface area contributed by atoms with Crippen molar-refractivity contribution in [1.82, 2.24) is 0 Å². The van der Waals surface area contributed by atoms with E-state index in [9.17, 15) is 17.6 Å². The van der Waals surface area contributed by atoms with Gasteiger partial charge < -0.3 is 5.32 Å². The molecular formula is C8H10FN3O3S. The molecule has 1 aromatic rings. The Bertz CT molecular complexity index is 515. The minimum Gasteiger partial charge on any atom is -0.326 e. The molecule has 88 valence electrons. The molecule has 1 amide bonds. The minimum atomic E-state index is -4.05. The van der Waals surface area contributed by atoms with Crippen molar-refractivity contribution >= 4 is 27.5 Å². The smallest absolute Gasteiger partial charge is 0.296 e. The molecule has 4 N–H and O–H groups in total. The molecule has 0 aromatic heterocycles. The van der Waals surface area contributed by atoms with Gasteiger partial charge in [0.25, 0.3) is 10.2 Å². The van der Waals surface area contributed by atoms with Gasteiger partial charge in [-0.3, -0.25) is 9.52 Å². The molecule has 0 unspecified atom stereocenters. The van der Waals surface area contributed by atoms with Crippen molar-refractivity contribution in [2.75, 3.05) is 10.0 Å². The van der Waals surface area contributed by atoms with Gasteiger partial charge in [0.2, 0.25) is 5.91 Å². The number of halogens is 1. The monoisotopic (exact) mass is 247 g/mol. The molecule has 0 saturated heterocycles. The molecule has 16 heavy (non-hydrogen) atoms. The van der Waals surface area contributed by atoms with E-state index in [4.69, 9.17) is 5.14 Å². The van der Waals surface area contributed by atoms with Crippen LogP contribution in [0.3, 0.4) is 0 Å². The van der Waals surface area contributed by atoms with Crippen molar-refractivity contribution in [3.8, 4) is 0 Å². The highest BCUT2D eigenvalue weighted by Crippen LogP contribution is 2.20. The van der Waals surface area contributed by atoms with Gasteiger partial charge in [0.15, 0.2) is 0 Å². The molecule has 0 saturated carbocycles. The quantitative estimate of drug-likeness (QED) is 0.720. The van der Waals surface area contributed by atoms with Gasteiger partial charge in [0.1, 0.15) is 5.82 Å². The molecule has 0 heterocycles. The number of benzene rings is 1. The summed E-state index contributed by atoms with van der Waals surface area (Å²) in [6.45, 7) is 1.27. The largest absolute Gasteiger partial charge is 0.326 e. The van der Waals surface area contributed by atoms with Crippen LogP contribution in [-0.4, -0.2) is 14.3 Å². The number of carbonyl (C=O) groups excluding carboxylic acids is 1. The van der Waals surface area contributed by atoms with Crippen molar-refractivity contribution < 1.29 is 17.6 Å². The maximum absolute atomic E-state index is 13.1. The van der Waals surface area contributed by atoms with Gasteiger partial charge in [-0.05, 0) is 18.2 Å². The molecule has 0 aliphatic rings. The summed E-state index contributed by atoms with van der Waals surface area (Å²) in [7, 11) is -4.05. The average molecular weight is 247 g/mol. The summed E-state index contributed by atoms with van der Waals surface area (Å²) in [4.78, 5) is 10.7. The second-order valence-corrected chi connectivity index (χ2v) is 4.32. The van der Waals surface area contributed by atoms with E-state index in [1.165, 1.54) is 13.0 Å². The van der Waals surface area contributed by atoms with E-state index in [1.807, 2.05) is 0 Å². The molecule has 0 aliphatic carbocycles. The predicted molar refractivity (Wildman–Crippen MR) is 57.4 cm³/mol. The van der Waals surface area contributed by atoms with Crippen LogP contribution in [0, 0.1) is 5.82 Å². The predicted octanol–water partition coefficient (Wildman–Crippen LogP) is 0.399. The molecular weight excluding hydrogens is 237 g/mol. The zero-order valence-corrected chi connectivity index (χ0v) is 9.14. The van der Waals surface area contributed by atoms with Crippen LogP contribution in [0.5, 0.6) is 0 Å². The van der Waals surface area contributed by atoms with Crippen LogP contribution in [0.2, 0.25) is 0 Å². The second-order valence-electron chi connectivity index (χ2n) is 3.02. The lowest BCUT2D eigenvalue weighted by atomic mass is 10.2. The van der Waals surface area contributed by atoms with Gasteiger partial charge in [-0.25, -0.2) is 9.53 Å². The molecule has 1 rings (SSSR count). The van der Waals surface area contributed by atoms with E-state index < -0.39 is 16.0 Å². The first-order valence-corrected chi connectivity index (χ1v) is 5.70. The number of anilines is 2. The summed E-state index contributed by atoms with van der Waals surface area (Å²) < 4.78 is 36.3. The third-order valence-electron chi connectivity index (χ3n) is 1.54. The first-order valence-electron chi connectivity index (χ1n) is 4.15. The minimum absolute atomic E-state index is 0.264. The average Bonchev–Trinajstić information content (AvgIpc) is 2.07. The number of carbonyl (C=O) groups is 1. The Morgan fingerprint density at radius 1 is 1.44 bits per heavy atom. The second kappa shape index (κ2) is 4.45. The van der Waals surface area contributed by atoms with Crippen LogP contribution in [0.4, 0.5) is 15.8 Å². The SMILES string of the molecule is CC(=O)Nc1ccc(F)c(NS(N)(=O)=O)c1. The first kappa shape index (κ1) is 12.4. The lowest BCUT2D eigenvalue weighted by Gasteiger charge is -2.07. The van der Waals surface area contributed by atoms with Gasteiger partial charge >= 0.3 is 0 Å². The van der Waals surface area contributed by atoms with E-state index in [-0.39, 0.29) is 17.3 Å². The van der Waals surface area contributed by atoms with Gasteiger partial charge in [0, 0.05) is 12.6 Å². The van der Waals surface area contributed by atoms with Crippen molar-refractivity contribution in [2.24, 2.45) is 5.14 Å². The first-order chi connectivity index (χ1) is 7.28. The topological polar surface area (TPSA) is 101 Å². The molecule has 8 heteroatoms. The summed E-state index contributed by atoms with van der Waals surface area (Å²) in [5, 5.41) is 7.07. The van der Waals surface area contributed by atoms with Crippen LogP contribution < -0.4 is 15.2 Å². The van der Waals surface area contributed by atoms with Gasteiger partial charge in [-0.15, -0.1) is 0 Å². The summed E-state index contributed by atoms with van der Waals surface area (Å²) >= 11 is 0. The van der Waals surface area contributed by atoms with Crippen molar-refractivity contribution in [3.05, 3.63) is 24.0 Å². The number of rotatable bonds is 3. The molecule has 0 spiro atoms. The van der Waals surface area contributed by atoms with E-state index >= 15 is 0 Å². The summed E-state index contributed by atoms with van der Waals surface area (Å²) in [6.07, 6.45) is 0. The Hall–Kier alpha value is -1.67. The molecule has 0 fully saturated rings. The summed E-state index contributed by atoms with van der Waals surface area (Å²) in [5.41, 5.74) is -0.0613. The number of amides is 1. The highest BCUT2D eigenvalue weighted by molar-refractivity contribution is 7.90. The Kier molecular flexibility index (Phi) is 3.45. The van der Waals surface area contributed by atoms with E-state index in [2.05, 4.69) is 5.32 Å². The zero-order chi connectivity index (χ0) is 12.3. The lowest BCUT2D eigenvalue weighted by Crippen LogP contribution is -2.22. The third kappa shape index (κ3) is 3.83. The highest BCUT2D eigenvalue weighted by Gasteiger charge is 2.09. The number of hydrogen-bond donors (Lipinski definition) is 3. The Morgan fingerprint density at radius 3 is 2.56 bits per heavy atom. The number of hydrogen-bond acceptors (Lipinski definition) is 3. The summed E-state index contributed by atoms with van der Waals surface area (Å²) in [6, 6.07) is 3.44. The van der Waals surface area contributed by atoms with Crippen LogP contribution in [0.15, 0.2) is 18.2 Å². The molecule has 1 aromatic carbocycles. The lowest BCUT2D eigenvalue weighted by molar-refractivity contribution is -0.114. The maximum Gasteiger partial charge on any atom is 0.296 e. The van der Waals surface area contributed by atoms with Crippen molar-refractivity contribution in [3.63, 3.8) is 0 Å². The van der Waals surface area contributed by atoms with Crippen LogP contribution >= 0.6 is 0 Å². The van der Waals surface area contributed by atoms with Gasteiger partial charge in [-0.2, -0.15) is 8.42 Å². The Balaban J connectivity index is 3.04. The summed E-state index contributed by atoms with van der Waals surface area (Å²) in [5.74, 6) is -1.14. The maximum atomic E-state index is 13.1. The van der Waals surface area contributed by atoms with E-state index in [0.717, 1.165) is 12.1 Å². The van der Waals surface area contributed by atoms with Crippen LogP contribution in [-0.2, 0) is 15.0 Å². The van der Waals surface area contributed by atoms with Crippen LogP contribution in [0.25, 0.3) is 0 Å². The fourth-order valence-electron chi connectivity index (χ4n) is 1.04. The number of nitrogens with one attached hydrogen (secondary N) is 2. The van der Waals surface area contributed by atoms with Gasteiger partial charge in [0.05, 0.1) is 5.69 Å². The van der Waals surface area contributed by atoms with E-state index in [1.54, 1.807) is 4.72 Å². The third-order valence-corrected chi connectivity index (χ3v) is 2.04. The van der Waals surface area contributed by atoms with E-state index in [0.29, 0.717) is 0 Å². The molecule has 0 atom stereocenters. The standard InChI is InChI=1S/C8H10FN3O3S/c1-5(13)11-6-2-3-7(9)8(4-6)12-16(10,14)15/h2-4,12H,1H3,(H,11,13)(H2,10,14,15). The number of nitrogens with two attached hydrogens (primary N) is 1. The van der Waals surface area contributed by atoms with Crippen molar-refractivity contribution in [1.29, 1.82) is 0 Å². The van der Waals surface area contributed by atoms with Gasteiger partial charge in [-0.1, -0.05) is 0 Å². The fourth-order valence-corrected chi connectivity index (χ4v) is 1.50. The normalized spacial score (nSPS) is 10.9. The van der Waals surface area contributed by atoms with Crippen molar-refractivity contribution in [2.45, 2.75) is 6.92 Å². The fraction of sp³-hybridized carbons (Fsp3) is 0.125. The molecule has 6 nitrogen and oxygen atoms in total. The zero-order valence-electron chi connectivity index (χ0n) is 8.32. The highest BCUT2D eigenvalue weighted by atomic mass is 32.2. The Labute approximate surface area is 91.8 Å².